The first-order valence-corrected chi connectivity index (χ1v) is 22.9. The van der Waals surface area contributed by atoms with E-state index in [0.717, 1.165) is 65.3 Å². The van der Waals surface area contributed by atoms with Gasteiger partial charge in [0.1, 0.15) is 47.7 Å². The highest BCUT2D eigenvalue weighted by Gasteiger charge is 2.49. The molecule has 1 aliphatic carbocycles. The summed E-state index contributed by atoms with van der Waals surface area (Å²) in [7, 11) is 3.73. The van der Waals surface area contributed by atoms with E-state index in [-0.39, 0.29) is 36.8 Å². The van der Waals surface area contributed by atoms with Crippen LogP contribution in [0.5, 0.6) is 28.9 Å². The van der Waals surface area contributed by atoms with Crippen LogP contribution in [0.15, 0.2) is 61.1 Å². The highest BCUT2D eigenvalue weighted by atomic mass is 35.5. The van der Waals surface area contributed by atoms with Crippen molar-refractivity contribution in [3.63, 3.8) is 0 Å². The Morgan fingerprint density at radius 2 is 1.72 bits per heavy atom. The second-order valence-electron chi connectivity index (χ2n) is 17.5. The van der Waals surface area contributed by atoms with Gasteiger partial charge in [-0.3, -0.25) is 4.90 Å². The summed E-state index contributed by atoms with van der Waals surface area (Å²) in [5.74, 6) is 1.64. The van der Waals surface area contributed by atoms with Crippen molar-refractivity contribution in [1.29, 1.82) is 0 Å². The molecule has 0 amide bonds. The van der Waals surface area contributed by atoms with Crippen molar-refractivity contribution in [3.8, 4) is 51.4 Å². The molecule has 16 heteroatoms. The van der Waals surface area contributed by atoms with Gasteiger partial charge < -0.3 is 33.7 Å². The maximum absolute atomic E-state index is 13.3. The number of para-hydroxylation sites is 1. The normalized spacial score (nSPS) is 19.9. The van der Waals surface area contributed by atoms with E-state index in [9.17, 15) is 9.90 Å². The molecule has 3 aromatic heterocycles. The van der Waals surface area contributed by atoms with E-state index in [1.54, 1.807) is 48.9 Å². The number of benzene rings is 3. The monoisotopic (exact) mass is 924 g/mol. The maximum Gasteiger partial charge on any atom is 0.345 e. The van der Waals surface area contributed by atoms with Crippen molar-refractivity contribution >= 4 is 50.7 Å². The molecule has 4 bridgehead atoms. The molecule has 1 saturated heterocycles. The van der Waals surface area contributed by atoms with Gasteiger partial charge in [-0.25, -0.2) is 24.7 Å². The summed E-state index contributed by atoms with van der Waals surface area (Å²) in [5.41, 5.74) is 5.18. The number of aromatic nitrogens is 4. The van der Waals surface area contributed by atoms with Crippen molar-refractivity contribution in [2.75, 3.05) is 53.5 Å². The summed E-state index contributed by atoms with van der Waals surface area (Å²) in [6.45, 7) is 12.8. The van der Waals surface area contributed by atoms with Gasteiger partial charge >= 0.3 is 5.97 Å². The van der Waals surface area contributed by atoms with Crippen LogP contribution in [0.2, 0.25) is 10.0 Å². The molecule has 3 atom stereocenters. The number of hydrogen-bond donors (Lipinski definition) is 1. The topological polar surface area (TPSA) is 141 Å². The van der Waals surface area contributed by atoms with Crippen molar-refractivity contribution in [3.05, 3.63) is 98.4 Å². The van der Waals surface area contributed by atoms with Crippen LogP contribution >= 0.6 is 34.5 Å². The molecule has 6 aromatic rings. The Bertz CT molecular complexity index is 2710. The Morgan fingerprint density at radius 1 is 0.969 bits per heavy atom. The standard InChI is InChI=1S/C48H50Cl2N6O7S/c1-26-37-27(2)41(50)42(40(26)49)62-31(22-56-17-15-55(5)16-18-56)24-60-30-11-12-34(61-23-29-13-14-51-44(54-29)32-9-7-8-10-35(32)59-6)28(19-30)20-36(47(57)58)63-45-39-38(37)43(33-21-48(33,3)4)64-46(39)53-25-52-45/h7-14,19,25,31,33,36H,15-18,20-24H2,1-6H3,(H,57,58)/t31-,33?,36-/m1/s1. The van der Waals surface area contributed by atoms with E-state index in [4.69, 9.17) is 56.9 Å². The number of hydrogen-bond acceptors (Lipinski definition) is 13. The van der Waals surface area contributed by atoms with Gasteiger partial charge in [0.05, 0.1) is 33.8 Å². The van der Waals surface area contributed by atoms with Gasteiger partial charge in [0.2, 0.25) is 12.0 Å². The minimum absolute atomic E-state index is 0.0427. The molecule has 4 aliphatic rings. The molecule has 1 unspecified atom stereocenters. The van der Waals surface area contributed by atoms with Crippen LogP contribution in [0, 0.1) is 19.3 Å². The van der Waals surface area contributed by atoms with Gasteiger partial charge in [-0.15, -0.1) is 11.3 Å². The fraction of sp³-hybridized carbons (Fsp3) is 0.396. The minimum Gasteiger partial charge on any atom is -0.496 e. The van der Waals surface area contributed by atoms with Crippen LogP contribution in [0.25, 0.3) is 32.7 Å². The predicted octanol–water partition coefficient (Wildman–Crippen LogP) is 9.30. The van der Waals surface area contributed by atoms with Crippen molar-refractivity contribution in [2.24, 2.45) is 5.41 Å². The Kier molecular flexibility index (Phi) is 12.3. The highest BCUT2D eigenvalue weighted by molar-refractivity contribution is 7.19. The lowest BCUT2D eigenvalue weighted by Crippen LogP contribution is -2.49. The number of aliphatic carboxylic acids is 1. The van der Waals surface area contributed by atoms with Crippen LogP contribution in [0.1, 0.15) is 53.4 Å². The first-order chi connectivity index (χ1) is 30.8. The molecule has 3 aromatic carbocycles. The summed E-state index contributed by atoms with van der Waals surface area (Å²) in [6, 6.07) is 14.7. The average Bonchev–Trinajstić information content (AvgIpc) is 3.76. The number of carboxylic acid groups (broad SMARTS) is 1. The Labute approximate surface area is 386 Å². The third-order valence-electron chi connectivity index (χ3n) is 12.5. The number of likely N-dealkylation sites (N-methyl/N-ethyl adjacent to an activating group) is 1. The number of thiophene rings is 1. The van der Waals surface area contributed by atoms with Crippen LogP contribution in [-0.4, -0.2) is 107 Å². The second kappa shape index (κ2) is 18.0. The number of carbonyl (C=O) groups is 1. The van der Waals surface area contributed by atoms with E-state index in [2.05, 4.69) is 40.7 Å². The van der Waals surface area contributed by atoms with Gasteiger partial charge in [-0.1, -0.05) is 49.2 Å². The largest absolute Gasteiger partial charge is 0.496 e. The molecule has 334 valence electrons. The molecular formula is C48H50Cl2N6O7S. The van der Waals surface area contributed by atoms with E-state index in [0.29, 0.717) is 66.9 Å². The molecular weight excluding hydrogens is 876 g/mol. The molecule has 10 rings (SSSR count). The van der Waals surface area contributed by atoms with Crippen molar-refractivity contribution in [1.82, 2.24) is 29.7 Å². The summed E-state index contributed by atoms with van der Waals surface area (Å²) >= 11 is 16.3. The fourth-order valence-electron chi connectivity index (χ4n) is 8.68. The summed E-state index contributed by atoms with van der Waals surface area (Å²) in [6.07, 6.45) is 2.11. The number of rotatable bonds is 9. The van der Waals surface area contributed by atoms with Gasteiger partial charge in [-0.05, 0) is 91.7 Å². The Balaban J connectivity index is 1.15. The number of carboxylic acids is 1. The van der Waals surface area contributed by atoms with Crippen molar-refractivity contribution < 1.29 is 33.6 Å². The van der Waals surface area contributed by atoms with E-state index >= 15 is 0 Å². The predicted molar refractivity (Wildman–Crippen MR) is 248 cm³/mol. The lowest BCUT2D eigenvalue weighted by molar-refractivity contribution is -0.145. The van der Waals surface area contributed by atoms with Crippen LogP contribution in [0.4, 0.5) is 0 Å². The molecule has 1 N–H and O–H groups in total. The summed E-state index contributed by atoms with van der Waals surface area (Å²) < 4.78 is 32.0. The average molecular weight is 926 g/mol. The second-order valence-corrected chi connectivity index (χ2v) is 19.2. The quantitative estimate of drug-likeness (QED) is 0.147. The molecule has 0 spiro atoms. The Morgan fingerprint density at radius 3 is 2.44 bits per heavy atom. The number of halogens is 2. The number of nitrogens with zero attached hydrogens (tertiary/aromatic N) is 6. The molecule has 64 heavy (non-hydrogen) atoms. The number of methoxy groups -OCH3 is 1. The first kappa shape index (κ1) is 44.0. The van der Waals surface area contributed by atoms with E-state index < -0.39 is 18.2 Å². The highest BCUT2D eigenvalue weighted by Crippen LogP contribution is 2.64. The maximum atomic E-state index is 13.3. The smallest absolute Gasteiger partial charge is 0.345 e. The van der Waals surface area contributed by atoms with Gasteiger partial charge in [0.15, 0.2) is 11.6 Å². The lowest BCUT2D eigenvalue weighted by Gasteiger charge is -2.35. The minimum atomic E-state index is -1.39. The van der Waals surface area contributed by atoms with Gasteiger partial charge in [-0.2, -0.15) is 0 Å². The van der Waals surface area contributed by atoms with Crippen LogP contribution < -0.4 is 23.7 Å². The number of ether oxygens (including phenoxy) is 5. The molecule has 0 radical (unpaired) electrons. The summed E-state index contributed by atoms with van der Waals surface area (Å²) in [4.78, 5) is 38.3. The summed E-state index contributed by atoms with van der Waals surface area (Å²) in [5, 5.41) is 12.3. The zero-order valence-electron chi connectivity index (χ0n) is 36.6. The lowest BCUT2D eigenvalue weighted by atomic mass is 9.91. The zero-order valence-corrected chi connectivity index (χ0v) is 38.9. The molecule has 1 saturated carbocycles. The van der Waals surface area contributed by atoms with Crippen LogP contribution in [0.3, 0.4) is 0 Å². The molecule has 3 aliphatic heterocycles. The van der Waals surface area contributed by atoms with E-state index in [1.807, 2.05) is 38.1 Å². The third kappa shape index (κ3) is 8.78. The van der Waals surface area contributed by atoms with E-state index in [1.165, 1.54) is 6.33 Å². The van der Waals surface area contributed by atoms with Gasteiger partial charge in [0, 0.05) is 61.3 Å². The Hall–Kier alpha value is -5.25. The van der Waals surface area contributed by atoms with Crippen molar-refractivity contribution in [2.45, 2.75) is 65.3 Å². The third-order valence-corrected chi connectivity index (χ3v) is 14.7. The first-order valence-electron chi connectivity index (χ1n) is 21.4. The molecule has 6 heterocycles. The fourth-order valence-corrected chi connectivity index (χ4v) is 10.6. The number of piperazine rings is 1. The van der Waals surface area contributed by atoms with Gasteiger partial charge in [0.25, 0.3) is 0 Å². The van der Waals surface area contributed by atoms with Crippen LogP contribution in [-0.2, 0) is 17.8 Å². The molecule has 2 fully saturated rings. The number of fused-ring (bicyclic) bond motifs is 7. The zero-order chi connectivity index (χ0) is 44.9. The molecule has 13 nitrogen and oxygen atoms in total. The SMILES string of the molecule is COc1ccccc1-c1nccc(COc2ccc3cc2C[C@H](C(=O)O)Oc2ncnc4sc(C5CC5(C)C)c(c24)-c2c(C)c(Cl)c(c(Cl)c2C)O[C@H](CN2CCN(C)CC2)CO3)n1.